The van der Waals surface area contributed by atoms with Crippen LogP contribution in [0.2, 0.25) is 0 Å². The van der Waals surface area contributed by atoms with Gasteiger partial charge in [0.15, 0.2) is 0 Å². The zero-order chi connectivity index (χ0) is 13.7. The Balaban J connectivity index is 1.89. The molecule has 4 nitrogen and oxygen atoms in total. The Hall–Kier alpha value is -1.20. The minimum absolute atomic E-state index is 0.484. The van der Waals surface area contributed by atoms with Gasteiger partial charge in [-0.05, 0) is 44.2 Å². The number of aromatic nitrogens is 2. The highest BCUT2D eigenvalue weighted by Crippen LogP contribution is 2.24. The van der Waals surface area contributed by atoms with Gasteiger partial charge in [-0.1, -0.05) is 12.1 Å². The first kappa shape index (κ1) is 14.2. The van der Waals surface area contributed by atoms with E-state index in [-0.39, 0.29) is 0 Å². The van der Waals surface area contributed by atoms with E-state index in [9.17, 15) is 0 Å². The largest absolute Gasteiger partial charge is 0.339 e. The Kier molecular flexibility index (Phi) is 5.10. The van der Waals surface area contributed by atoms with Crippen molar-refractivity contribution in [1.29, 1.82) is 0 Å². The normalized spacial score (nSPS) is 12.8. The van der Waals surface area contributed by atoms with Crippen LogP contribution in [0.3, 0.4) is 0 Å². The Morgan fingerprint density at radius 3 is 2.95 bits per heavy atom. The van der Waals surface area contributed by atoms with Crippen molar-refractivity contribution in [2.75, 3.05) is 6.54 Å². The molecule has 2 rings (SSSR count). The third kappa shape index (κ3) is 3.88. The number of nitrogens with one attached hydrogen (secondary N) is 1. The first-order valence-electron chi connectivity index (χ1n) is 6.79. The standard InChI is InChI=1S/C14H21N3OS/c1-4-7-15-11(3)5-6-13-16-14(17-18-13)12-9-19-8-10(12)2/h8-9,11,15H,4-7H2,1-3H3. The molecule has 2 heterocycles. The first-order valence-corrected chi connectivity index (χ1v) is 7.74. The van der Waals surface area contributed by atoms with Gasteiger partial charge in [0.25, 0.3) is 0 Å². The van der Waals surface area contributed by atoms with E-state index in [4.69, 9.17) is 4.52 Å². The molecule has 0 saturated heterocycles. The quantitative estimate of drug-likeness (QED) is 0.843. The van der Waals surface area contributed by atoms with Gasteiger partial charge in [-0.2, -0.15) is 16.3 Å². The molecule has 104 valence electrons. The molecule has 1 N–H and O–H groups in total. The van der Waals surface area contributed by atoms with Gasteiger partial charge in [-0.15, -0.1) is 0 Å². The van der Waals surface area contributed by atoms with Crippen LogP contribution in [-0.4, -0.2) is 22.7 Å². The SMILES string of the molecule is CCCNC(C)CCc1nc(-c2cscc2C)no1. The minimum Gasteiger partial charge on any atom is -0.339 e. The highest BCUT2D eigenvalue weighted by atomic mass is 32.1. The van der Waals surface area contributed by atoms with Crippen LogP contribution in [0, 0.1) is 6.92 Å². The zero-order valence-corrected chi connectivity index (χ0v) is 12.6. The summed E-state index contributed by atoms with van der Waals surface area (Å²) >= 11 is 1.67. The molecule has 5 heteroatoms. The number of rotatable bonds is 7. The average molecular weight is 279 g/mol. The molecule has 0 saturated carbocycles. The molecule has 19 heavy (non-hydrogen) atoms. The maximum atomic E-state index is 5.31. The van der Waals surface area contributed by atoms with Gasteiger partial charge >= 0.3 is 0 Å². The van der Waals surface area contributed by atoms with Gasteiger partial charge in [0, 0.05) is 23.4 Å². The van der Waals surface area contributed by atoms with Gasteiger partial charge in [-0.3, -0.25) is 0 Å². The second-order valence-corrected chi connectivity index (χ2v) is 5.62. The third-order valence-corrected chi connectivity index (χ3v) is 3.96. The summed E-state index contributed by atoms with van der Waals surface area (Å²) in [5, 5.41) is 11.7. The van der Waals surface area contributed by atoms with E-state index in [1.807, 2.05) is 0 Å². The molecule has 0 amide bonds. The van der Waals surface area contributed by atoms with Crippen LogP contribution in [0.15, 0.2) is 15.3 Å². The lowest BCUT2D eigenvalue weighted by Gasteiger charge is -2.10. The van der Waals surface area contributed by atoms with Crippen LogP contribution in [0.1, 0.15) is 38.1 Å². The van der Waals surface area contributed by atoms with Crippen molar-refractivity contribution in [1.82, 2.24) is 15.5 Å². The van der Waals surface area contributed by atoms with Gasteiger partial charge in [0.05, 0.1) is 0 Å². The van der Waals surface area contributed by atoms with Crippen LogP contribution in [0.5, 0.6) is 0 Å². The first-order chi connectivity index (χ1) is 9.20. The van der Waals surface area contributed by atoms with Crippen molar-refractivity contribution in [2.24, 2.45) is 0 Å². The van der Waals surface area contributed by atoms with Crippen molar-refractivity contribution in [3.63, 3.8) is 0 Å². The molecule has 0 aromatic carbocycles. The monoisotopic (exact) mass is 279 g/mol. The van der Waals surface area contributed by atoms with E-state index < -0.39 is 0 Å². The maximum Gasteiger partial charge on any atom is 0.227 e. The van der Waals surface area contributed by atoms with Crippen molar-refractivity contribution < 1.29 is 4.52 Å². The molecular formula is C14H21N3OS. The summed E-state index contributed by atoms with van der Waals surface area (Å²) in [4.78, 5) is 4.47. The van der Waals surface area contributed by atoms with Crippen LogP contribution < -0.4 is 5.32 Å². The van der Waals surface area contributed by atoms with Crippen LogP contribution >= 0.6 is 11.3 Å². The van der Waals surface area contributed by atoms with Crippen molar-refractivity contribution in [2.45, 2.75) is 46.1 Å². The minimum atomic E-state index is 0.484. The zero-order valence-electron chi connectivity index (χ0n) is 11.8. The van der Waals surface area contributed by atoms with Crippen molar-refractivity contribution in [3.8, 4) is 11.4 Å². The van der Waals surface area contributed by atoms with E-state index in [2.05, 4.69) is 47.0 Å². The molecule has 0 aliphatic carbocycles. The molecule has 1 atom stereocenters. The van der Waals surface area contributed by atoms with E-state index in [0.29, 0.717) is 11.9 Å². The number of hydrogen-bond donors (Lipinski definition) is 1. The van der Waals surface area contributed by atoms with Crippen molar-refractivity contribution in [3.05, 3.63) is 22.2 Å². The Morgan fingerprint density at radius 2 is 2.26 bits per heavy atom. The Morgan fingerprint density at radius 1 is 1.42 bits per heavy atom. The number of nitrogens with zero attached hydrogens (tertiary/aromatic N) is 2. The molecule has 0 fully saturated rings. The molecule has 0 aliphatic heterocycles. The predicted molar refractivity (Wildman–Crippen MR) is 78.4 cm³/mol. The van der Waals surface area contributed by atoms with Crippen LogP contribution in [0.25, 0.3) is 11.4 Å². The second-order valence-electron chi connectivity index (χ2n) is 4.87. The van der Waals surface area contributed by atoms with Crippen LogP contribution in [-0.2, 0) is 6.42 Å². The lowest BCUT2D eigenvalue weighted by atomic mass is 10.2. The van der Waals surface area contributed by atoms with E-state index in [1.54, 1.807) is 11.3 Å². The summed E-state index contributed by atoms with van der Waals surface area (Å²) < 4.78 is 5.31. The summed E-state index contributed by atoms with van der Waals surface area (Å²) in [7, 11) is 0. The molecule has 1 unspecified atom stereocenters. The Labute approximate surface area is 118 Å². The topological polar surface area (TPSA) is 51.0 Å². The highest BCUT2D eigenvalue weighted by Gasteiger charge is 2.12. The molecule has 2 aromatic heterocycles. The van der Waals surface area contributed by atoms with Crippen LogP contribution in [0.4, 0.5) is 0 Å². The fourth-order valence-corrected chi connectivity index (χ4v) is 2.71. The van der Waals surface area contributed by atoms with E-state index in [0.717, 1.165) is 37.3 Å². The summed E-state index contributed by atoms with van der Waals surface area (Å²) in [6.45, 7) is 7.49. The fourth-order valence-electron chi connectivity index (χ4n) is 1.89. The molecule has 0 aliphatic rings. The second kappa shape index (κ2) is 6.82. The molecule has 2 aromatic rings. The molecular weight excluding hydrogens is 258 g/mol. The molecule has 0 bridgehead atoms. The summed E-state index contributed by atoms with van der Waals surface area (Å²) in [6.07, 6.45) is 3.00. The molecule has 0 spiro atoms. The van der Waals surface area contributed by atoms with Crippen molar-refractivity contribution >= 4 is 11.3 Å². The van der Waals surface area contributed by atoms with Gasteiger partial charge in [0.1, 0.15) is 0 Å². The maximum absolute atomic E-state index is 5.31. The Bertz CT molecular complexity index is 506. The number of thiophene rings is 1. The lowest BCUT2D eigenvalue weighted by Crippen LogP contribution is -2.27. The van der Waals surface area contributed by atoms with Gasteiger partial charge in [-0.25, -0.2) is 0 Å². The molecule has 0 radical (unpaired) electrons. The van der Waals surface area contributed by atoms with E-state index >= 15 is 0 Å². The third-order valence-electron chi connectivity index (χ3n) is 3.10. The fraction of sp³-hybridized carbons (Fsp3) is 0.571. The average Bonchev–Trinajstić information content (AvgIpc) is 3.02. The van der Waals surface area contributed by atoms with E-state index in [1.165, 1.54) is 5.56 Å². The predicted octanol–water partition coefficient (Wildman–Crippen LogP) is 3.43. The number of aryl methyl sites for hydroxylation is 2. The van der Waals surface area contributed by atoms with Gasteiger partial charge in [0.2, 0.25) is 11.7 Å². The summed E-state index contributed by atoms with van der Waals surface area (Å²) in [5.74, 6) is 1.44. The lowest BCUT2D eigenvalue weighted by molar-refractivity contribution is 0.367. The summed E-state index contributed by atoms with van der Waals surface area (Å²) in [5.41, 5.74) is 2.28. The van der Waals surface area contributed by atoms with Gasteiger partial charge < -0.3 is 9.84 Å². The number of hydrogen-bond acceptors (Lipinski definition) is 5. The summed E-state index contributed by atoms with van der Waals surface area (Å²) in [6, 6.07) is 0.484. The highest BCUT2D eigenvalue weighted by molar-refractivity contribution is 7.08. The smallest absolute Gasteiger partial charge is 0.227 e.